The van der Waals surface area contributed by atoms with E-state index in [1.165, 1.54) is 12.1 Å². The van der Waals surface area contributed by atoms with Crippen molar-refractivity contribution in [1.82, 2.24) is 15.5 Å². The molecule has 8 heteroatoms. The number of methoxy groups -OCH3 is 1. The van der Waals surface area contributed by atoms with Gasteiger partial charge in [-0.2, -0.15) is 0 Å². The Morgan fingerprint density at radius 2 is 1.86 bits per heavy atom. The summed E-state index contributed by atoms with van der Waals surface area (Å²) < 4.78 is 23.8. The SMILES string of the molecule is CN=C(NCCNC(=O)Cc1ccc(F)cc1)N1CCC(OCCCOC)CC1. The summed E-state index contributed by atoms with van der Waals surface area (Å²) in [5, 5.41) is 6.16. The van der Waals surface area contributed by atoms with Crippen molar-refractivity contribution in [2.24, 2.45) is 4.99 Å². The van der Waals surface area contributed by atoms with Crippen molar-refractivity contribution >= 4 is 11.9 Å². The van der Waals surface area contributed by atoms with Crippen LogP contribution in [0.25, 0.3) is 0 Å². The fraction of sp³-hybridized carbons (Fsp3) is 0.619. The number of aliphatic imine (C=N–C) groups is 1. The third-order valence-electron chi connectivity index (χ3n) is 4.81. The predicted octanol–water partition coefficient (Wildman–Crippen LogP) is 1.58. The number of carbonyl (C=O) groups excluding carboxylic acids is 1. The highest BCUT2D eigenvalue weighted by Gasteiger charge is 2.21. The first-order valence-corrected chi connectivity index (χ1v) is 10.2. The Balaban J connectivity index is 1.60. The van der Waals surface area contributed by atoms with Crippen molar-refractivity contribution < 1.29 is 18.7 Å². The fourth-order valence-corrected chi connectivity index (χ4v) is 3.25. The lowest BCUT2D eigenvalue weighted by Gasteiger charge is -2.34. The molecule has 29 heavy (non-hydrogen) atoms. The molecule has 1 aliphatic heterocycles. The number of rotatable bonds is 10. The summed E-state index contributed by atoms with van der Waals surface area (Å²) in [4.78, 5) is 18.5. The van der Waals surface area contributed by atoms with Gasteiger partial charge in [-0.1, -0.05) is 12.1 Å². The number of hydrogen-bond donors (Lipinski definition) is 2. The van der Waals surface area contributed by atoms with E-state index in [4.69, 9.17) is 9.47 Å². The van der Waals surface area contributed by atoms with Gasteiger partial charge in [-0.15, -0.1) is 0 Å². The Kier molecular flexibility index (Phi) is 10.4. The molecule has 0 unspecified atom stereocenters. The summed E-state index contributed by atoms with van der Waals surface area (Å²) >= 11 is 0. The number of piperidine rings is 1. The number of amides is 1. The molecule has 2 rings (SSSR count). The first-order valence-electron chi connectivity index (χ1n) is 10.2. The highest BCUT2D eigenvalue weighted by atomic mass is 19.1. The van der Waals surface area contributed by atoms with E-state index in [0.717, 1.165) is 57.1 Å². The normalized spacial score (nSPS) is 15.4. The van der Waals surface area contributed by atoms with Gasteiger partial charge in [-0.25, -0.2) is 4.39 Å². The maximum atomic E-state index is 12.9. The van der Waals surface area contributed by atoms with Gasteiger partial charge in [0.2, 0.25) is 5.91 Å². The maximum Gasteiger partial charge on any atom is 0.224 e. The molecular formula is C21H33FN4O3. The largest absolute Gasteiger partial charge is 0.385 e. The summed E-state index contributed by atoms with van der Waals surface area (Å²) in [6, 6.07) is 5.98. The molecule has 1 amide bonds. The van der Waals surface area contributed by atoms with Crippen LogP contribution < -0.4 is 10.6 Å². The zero-order valence-corrected chi connectivity index (χ0v) is 17.5. The molecule has 1 saturated heterocycles. The molecule has 0 atom stereocenters. The standard InChI is InChI=1S/C21H33FN4O3/c1-23-21(26-12-8-19(9-13-26)29-15-3-14-28-2)25-11-10-24-20(27)16-17-4-6-18(22)7-5-17/h4-7,19H,3,8-16H2,1-2H3,(H,23,25)(H,24,27). The Morgan fingerprint density at radius 1 is 1.17 bits per heavy atom. The molecule has 1 fully saturated rings. The lowest BCUT2D eigenvalue weighted by atomic mass is 10.1. The number of ether oxygens (including phenoxy) is 2. The smallest absolute Gasteiger partial charge is 0.224 e. The second-order valence-electron chi connectivity index (χ2n) is 7.03. The summed E-state index contributed by atoms with van der Waals surface area (Å²) in [5.74, 6) is 0.460. The molecule has 0 saturated carbocycles. The van der Waals surface area contributed by atoms with Crippen LogP contribution in [0.3, 0.4) is 0 Å². The summed E-state index contributed by atoms with van der Waals surface area (Å²) in [6.07, 6.45) is 3.41. The summed E-state index contributed by atoms with van der Waals surface area (Å²) in [6.45, 7) is 4.35. The van der Waals surface area contributed by atoms with Crippen molar-refractivity contribution in [3.05, 3.63) is 35.6 Å². The average molecular weight is 409 g/mol. The predicted molar refractivity (Wildman–Crippen MR) is 112 cm³/mol. The van der Waals surface area contributed by atoms with Crippen LogP contribution in [0.2, 0.25) is 0 Å². The lowest BCUT2D eigenvalue weighted by Crippen LogP contribution is -2.48. The minimum Gasteiger partial charge on any atom is -0.385 e. The first kappa shape index (κ1) is 23.1. The Bertz CT molecular complexity index is 631. The van der Waals surface area contributed by atoms with Crippen LogP contribution in [0.4, 0.5) is 4.39 Å². The van der Waals surface area contributed by atoms with Gasteiger partial charge in [-0.05, 0) is 37.0 Å². The molecule has 1 heterocycles. The summed E-state index contributed by atoms with van der Waals surface area (Å²) in [5.41, 5.74) is 0.792. The molecule has 0 bridgehead atoms. The van der Waals surface area contributed by atoms with Gasteiger partial charge in [-0.3, -0.25) is 9.79 Å². The van der Waals surface area contributed by atoms with Crippen molar-refractivity contribution in [3.8, 4) is 0 Å². The second kappa shape index (κ2) is 13.1. The number of nitrogens with zero attached hydrogens (tertiary/aromatic N) is 2. The second-order valence-corrected chi connectivity index (χ2v) is 7.03. The van der Waals surface area contributed by atoms with Gasteiger partial charge in [0.05, 0.1) is 12.5 Å². The zero-order chi connectivity index (χ0) is 20.9. The Labute approximate surface area is 172 Å². The molecule has 2 N–H and O–H groups in total. The first-order chi connectivity index (χ1) is 14.1. The Hall–Kier alpha value is -2.19. The van der Waals surface area contributed by atoms with Gasteiger partial charge in [0.15, 0.2) is 5.96 Å². The van der Waals surface area contributed by atoms with Crippen molar-refractivity contribution in [2.45, 2.75) is 31.8 Å². The highest BCUT2D eigenvalue weighted by Crippen LogP contribution is 2.14. The van der Waals surface area contributed by atoms with Crippen LogP contribution in [0.15, 0.2) is 29.3 Å². The molecule has 0 aromatic heterocycles. The summed E-state index contributed by atoms with van der Waals surface area (Å²) in [7, 11) is 3.47. The number of guanidine groups is 1. The number of halogens is 1. The molecule has 1 aromatic rings. The van der Waals surface area contributed by atoms with Crippen LogP contribution in [-0.2, 0) is 20.7 Å². The zero-order valence-electron chi connectivity index (χ0n) is 17.5. The minimum atomic E-state index is -0.300. The number of hydrogen-bond acceptors (Lipinski definition) is 4. The third kappa shape index (κ3) is 8.79. The van der Waals surface area contributed by atoms with Gasteiger partial charge in [0.1, 0.15) is 5.82 Å². The average Bonchev–Trinajstić information content (AvgIpc) is 2.74. The number of likely N-dealkylation sites (tertiary alicyclic amines) is 1. The third-order valence-corrected chi connectivity index (χ3v) is 4.81. The lowest BCUT2D eigenvalue weighted by molar-refractivity contribution is -0.120. The Morgan fingerprint density at radius 3 is 2.52 bits per heavy atom. The van der Waals surface area contributed by atoms with Gasteiger partial charge >= 0.3 is 0 Å². The highest BCUT2D eigenvalue weighted by molar-refractivity contribution is 5.80. The van der Waals surface area contributed by atoms with Crippen LogP contribution >= 0.6 is 0 Å². The molecule has 7 nitrogen and oxygen atoms in total. The van der Waals surface area contributed by atoms with Gasteiger partial charge in [0, 0.05) is 53.6 Å². The van der Waals surface area contributed by atoms with Crippen molar-refractivity contribution in [3.63, 3.8) is 0 Å². The molecule has 162 valence electrons. The number of carbonyl (C=O) groups is 1. The molecular weight excluding hydrogens is 375 g/mol. The van der Waals surface area contributed by atoms with Crippen molar-refractivity contribution in [1.29, 1.82) is 0 Å². The van der Waals surface area contributed by atoms with E-state index < -0.39 is 0 Å². The van der Waals surface area contributed by atoms with E-state index in [2.05, 4.69) is 20.5 Å². The monoisotopic (exact) mass is 408 g/mol. The molecule has 0 aliphatic carbocycles. The quantitative estimate of drug-likeness (QED) is 0.349. The fourth-order valence-electron chi connectivity index (χ4n) is 3.25. The van der Waals surface area contributed by atoms with Crippen molar-refractivity contribution in [2.75, 3.05) is 53.6 Å². The van der Waals surface area contributed by atoms with E-state index in [9.17, 15) is 9.18 Å². The maximum absolute atomic E-state index is 12.9. The van der Waals surface area contributed by atoms with E-state index in [1.807, 2.05) is 0 Å². The van der Waals surface area contributed by atoms with Gasteiger partial charge < -0.3 is 25.0 Å². The van der Waals surface area contributed by atoms with Crippen LogP contribution in [-0.4, -0.2) is 76.4 Å². The van der Waals surface area contributed by atoms with E-state index in [0.29, 0.717) is 19.2 Å². The van der Waals surface area contributed by atoms with Gasteiger partial charge in [0.25, 0.3) is 0 Å². The topological polar surface area (TPSA) is 75.2 Å². The minimum absolute atomic E-state index is 0.0835. The molecule has 0 spiro atoms. The molecule has 1 aromatic carbocycles. The molecule has 0 radical (unpaired) electrons. The van der Waals surface area contributed by atoms with E-state index in [1.54, 1.807) is 26.3 Å². The van der Waals surface area contributed by atoms with Crippen LogP contribution in [0.5, 0.6) is 0 Å². The van der Waals surface area contributed by atoms with Crippen LogP contribution in [0, 0.1) is 5.82 Å². The van der Waals surface area contributed by atoms with E-state index >= 15 is 0 Å². The number of nitrogens with one attached hydrogen (secondary N) is 2. The van der Waals surface area contributed by atoms with E-state index in [-0.39, 0.29) is 18.1 Å². The van der Waals surface area contributed by atoms with Crippen LogP contribution in [0.1, 0.15) is 24.8 Å². The molecule has 1 aliphatic rings. The number of benzene rings is 1.